The van der Waals surface area contributed by atoms with Crippen molar-refractivity contribution in [3.63, 3.8) is 0 Å². The van der Waals surface area contributed by atoms with E-state index in [1.807, 2.05) is 4.90 Å². The van der Waals surface area contributed by atoms with Gasteiger partial charge in [-0.05, 0) is 45.7 Å². The van der Waals surface area contributed by atoms with Crippen molar-refractivity contribution >= 4 is 18.3 Å². The highest BCUT2D eigenvalue weighted by Gasteiger charge is 2.39. The van der Waals surface area contributed by atoms with Gasteiger partial charge in [0, 0.05) is 26.2 Å². The van der Waals surface area contributed by atoms with Crippen LogP contribution in [-0.4, -0.2) is 61.0 Å². The molecule has 0 aromatic carbocycles. The van der Waals surface area contributed by atoms with Crippen LogP contribution < -0.4 is 5.32 Å². The molecule has 0 aliphatic carbocycles. The van der Waals surface area contributed by atoms with Crippen LogP contribution in [0.5, 0.6) is 0 Å². The maximum absolute atomic E-state index is 12.3. The Bertz CT molecular complexity index is 271. The normalized spacial score (nSPS) is 28.6. The molecule has 0 aromatic rings. The van der Waals surface area contributed by atoms with Crippen LogP contribution in [-0.2, 0) is 4.79 Å². The van der Waals surface area contributed by atoms with Crippen LogP contribution in [0.25, 0.3) is 0 Å². The van der Waals surface area contributed by atoms with Crippen LogP contribution in [0.2, 0.25) is 0 Å². The fourth-order valence-corrected chi connectivity index (χ4v) is 3.16. The first-order chi connectivity index (χ1) is 8.17. The third-order valence-electron chi connectivity index (χ3n) is 4.40. The maximum Gasteiger partial charge on any atom is 0.239 e. The van der Waals surface area contributed by atoms with Gasteiger partial charge in [-0.25, -0.2) is 0 Å². The van der Waals surface area contributed by atoms with E-state index in [4.69, 9.17) is 0 Å². The van der Waals surface area contributed by atoms with Gasteiger partial charge < -0.3 is 10.2 Å². The van der Waals surface area contributed by atoms with Crippen LogP contribution in [0.4, 0.5) is 0 Å². The van der Waals surface area contributed by atoms with E-state index in [0.717, 1.165) is 51.1 Å². The minimum Gasteiger partial charge on any atom is -0.342 e. The number of likely N-dealkylation sites (tertiary alicyclic amines) is 1. The molecule has 2 heterocycles. The molecule has 4 nitrogen and oxygen atoms in total. The highest BCUT2D eigenvalue weighted by Crippen LogP contribution is 2.27. The quantitative estimate of drug-likeness (QED) is 0.825. The second-order valence-corrected chi connectivity index (χ2v) is 5.32. The Hall–Kier alpha value is -0.320. The molecule has 106 valence electrons. The van der Waals surface area contributed by atoms with Crippen molar-refractivity contribution in [3.05, 3.63) is 0 Å². The minimum atomic E-state index is 0. The summed E-state index contributed by atoms with van der Waals surface area (Å²) in [5, 5.41) is 3.44. The van der Waals surface area contributed by atoms with Crippen LogP contribution in [0.15, 0.2) is 0 Å². The van der Waals surface area contributed by atoms with Gasteiger partial charge >= 0.3 is 0 Å². The lowest BCUT2D eigenvalue weighted by Gasteiger charge is -2.29. The number of carbonyl (C=O) groups excluding carboxylic acids is 1. The Morgan fingerprint density at radius 1 is 1.28 bits per heavy atom. The fraction of sp³-hybridized carbons (Fsp3) is 0.923. The zero-order chi connectivity index (χ0) is 12.4. The van der Waals surface area contributed by atoms with Crippen molar-refractivity contribution < 1.29 is 4.79 Å². The standard InChI is InChI=1S/C13H25N3O.ClH/c1-4-15(5-2)13(17)10(3)16-8-11-6-14-7-12(11)9-16;/h10-12,14H,4-9H2,1-3H3;1H/t10?,11-,12+;. The lowest BCUT2D eigenvalue weighted by molar-refractivity contribution is -0.135. The molecule has 0 radical (unpaired) electrons. The molecule has 2 rings (SSSR count). The topological polar surface area (TPSA) is 35.6 Å². The minimum absolute atomic E-state index is 0. The molecular formula is C13H26ClN3O. The fourth-order valence-electron chi connectivity index (χ4n) is 3.16. The molecule has 2 aliphatic heterocycles. The van der Waals surface area contributed by atoms with Gasteiger partial charge in [0.1, 0.15) is 0 Å². The van der Waals surface area contributed by atoms with Gasteiger partial charge in [0.2, 0.25) is 5.91 Å². The van der Waals surface area contributed by atoms with Crippen LogP contribution in [0, 0.1) is 11.8 Å². The Balaban J connectivity index is 0.00000162. The molecule has 2 fully saturated rings. The molecule has 1 unspecified atom stereocenters. The van der Waals surface area contributed by atoms with Crippen molar-refractivity contribution in [1.29, 1.82) is 0 Å². The number of nitrogens with zero attached hydrogens (tertiary/aromatic N) is 2. The maximum atomic E-state index is 12.3. The van der Waals surface area contributed by atoms with Crippen LogP contribution >= 0.6 is 12.4 Å². The predicted octanol–water partition coefficient (Wildman–Crippen LogP) is 0.816. The smallest absolute Gasteiger partial charge is 0.239 e. The first kappa shape index (κ1) is 15.7. The van der Waals surface area contributed by atoms with Gasteiger partial charge in [-0.2, -0.15) is 0 Å². The molecule has 0 saturated carbocycles. The second-order valence-electron chi connectivity index (χ2n) is 5.32. The summed E-state index contributed by atoms with van der Waals surface area (Å²) in [4.78, 5) is 16.6. The lowest BCUT2D eigenvalue weighted by atomic mass is 10.0. The van der Waals surface area contributed by atoms with E-state index in [9.17, 15) is 4.79 Å². The summed E-state index contributed by atoms with van der Waals surface area (Å²) >= 11 is 0. The molecule has 1 amide bonds. The highest BCUT2D eigenvalue weighted by molar-refractivity contribution is 5.85. The Morgan fingerprint density at radius 3 is 2.22 bits per heavy atom. The van der Waals surface area contributed by atoms with Gasteiger partial charge in [-0.3, -0.25) is 9.69 Å². The van der Waals surface area contributed by atoms with Crippen molar-refractivity contribution in [2.24, 2.45) is 11.8 Å². The average Bonchev–Trinajstić information content (AvgIpc) is 2.89. The number of hydrogen-bond acceptors (Lipinski definition) is 3. The van der Waals surface area contributed by atoms with E-state index in [1.165, 1.54) is 0 Å². The van der Waals surface area contributed by atoms with Crippen molar-refractivity contribution in [2.45, 2.75) is 26.8 Å². The molecule has 0 aromatic heterocycles. The average molecular weight is 276 g/mol. The van der Waals surface area contributed by atoms with Gasteiger partial charge in [0.05, 0.1) is 6.04 Å². The SMILES string of the molecule is CCN(CC)C(=O)C(C)N1C[C@H]2CNC[C@H]2C1.Cl. The summed E-state index contributed by atoms with van der Waals surface area (Å²) in [5.41, 5.74) is 0. The summed E-state index contributed by atoms with van der Waals surface area (Å²) in [6, 6.07) is 0.0560. The van der Waals surface area contributed by atoms with E-state index < -0.39 is 0 Å². The van der Waals surface area contributed by atoms with Gasteiger partial charge in [0.15, 0.2) is 0 Å². The third kappa shape index (κ3) is 2.98. The van der Waals surface area contributed by atoms with Crippen molar-refractivity contribution in [3.8, 4) is 0 Å². The van der Waals surface area contributed by atoms with E-state index in [2.05, 4.69) is 31.0 Å². The summed E-state index contributed by atoms with van der Waals surface area (Å²) in [7, 11) is 0. The molecule has 3 atom stereocenters. The van der Waals surface area contributed by atoms with E-state index in [-0.39, 0.29) is 18.4 Å². The third-order valence-corrected chi connectivity index (χ3v) is 4.40. The van der Waals surface area contributed by atoms with E-state index in [1.54, 1.807) is 0 Å². The monoisotopic (exact) mass is 275 g/mol. The number of amides is 1. The summed E-state index contributed by atoms with van der Waals surface area (Å²) in [5.74, 6) is 1.83. The van der Waals surface area contributed by atoms with Crippen LogP contribution in [0.3, 0.4) is 0 Å². The van der Waals surface area contributed by atoms with Crippen molar-refractivity contribution in [2.75, 3.05) is 39.3 Å². The zero-order valence-corrected chi connectivity index (χ0v) is 12.5. The zero-order valence-electron chi connectivity index (χ0n) is 11.7. The number of halogens is 1. The molecule has 1 N–H and O–H groups in total. The molecule has 18 heavy (non-hydrogen) atoms. The van der Waals surface area contributed by atoms with Crippen molar-refractivity contribution in [1.82, 2.24) is 15.1 Å². The summed E-state index contributed by atoms with van der Waals surface area (Å²) in [6.45, 7) is 12.3. The van der Waals surface area contributed by atoms with E-state index in [0.29, 0.717) is 5.91 Å². The van der Waals surface area contributed by atoms with Crippen LogP contribution in [0.1, 0.15) is 20.8 Å². The highest BCUT2D eigenvalue weighted by atomic mass is 35.5. The Morgan fingerprint density at radius 2 is 1.78 bits per heavy atom. The molecule has 0 bridgehead atoms. The number of likely N-dealkylation sites (N-methyl/N-ethyl adjacent to an activating group) is 1. The number of hydrogen-bond donors (Lipinski definition) is 1. The first-order valence-electron chi connectivity index (χ1n) is 6.90. The molecule has 2 aliphatic rings. The molecule has 5 heteroatoms. The molecule has 2 saturated heterocycles. The van der Waals surface area contributed by atoms with Gasteiger partial charge in [0.25, 0.3) is 0 Å². The van der Waals surface area contributed by atoms with Gasteiger partial charge in [-0.1, -0.05) is 0 Å². The molecule has 0 spiro atoms. The molecular weight excluding hydrogens is 250 g/mol. The Labute approximate surface area is 116 Å². The first-order valence-corrected chi connectivity index (χ1v) is 6.90. The van der Waals surface area contributed by atoms with Gasteiger partial charge in [-0.15, -0.1) is 12.4 Å². The summed E-state index contributed by atoms with van der Waals surface area (Å²) in [6.07, 6.45) is 0. The Kier molecular flexibility index (Phi) is 5.89. The second kappa shape index (κ2) is 6.73. The number of fused-ring (bicyclic) bond motifs is 1. The van der Waals surface area contributed by atoms with E-state index >= 15 is 0 Å². The number of carbonyl (C=O) groups is 1. The predicted molar refractivity (Wildman–Crippen MR) is 76.1 cm³/mol. The lowest BCUT2D eigenvalue weighted by Crippen LogP contribution is -2.47. The largest absolute Gasteiger partial charge is 0.342 e. The number of nitrogens with one attached hydrogen (secondary N) is 1. The summed E-state index contributed by atoms with van der Waals surface area (Å²) < 4.78 is 0. The number of rotatable bonds is 4.